The van der Waals surface area contributed by atoms with E-state index in [4.69, 9.17) is 16.7 Å². The molecule has 0 aliphatic rings. The molecule has 10 heteroatoms. The number of hydrogen-bond acceptors (Lipinski definition) is 4. The van der Waals surface area contributed by atoms with Crippen LogP contribution in [0.1, 0.15) is 22.3 Å². The molecule has 0 bridgehead atoms. The molecule has 0 fully saturated rings. The molecule has 2 N–H and O–H groups in total. The van der Waals surface area contributed by atoms with Gasteiger partial charge in [-0.05, 0) is 12.1 Å². The zero-order valence-electron chi connectivity index (χ0n) is 14.0. The van der Waals surface area contributed by atoms with Gasteiger partial charge in [0.15, 0.2) is 5.82 Å². The lowest BCUT2D eigenvalue weighted by Gasteiger charge is -2.06. The molecule has 2 aromatic heterocycles. The van der Waals surface area contributed by atoms with Crippen molar-refractivity contribution in [3.8, 4) is 0 Å². The van der Waals surface area contributed by atoms with Crippen molar-refractivity contribution in [1.82, 2.24) is 19.6 Å². The Kier molecular flexibility index (Phi) is 5.51. The van der Waals surface area contributed by atoms with E-state index in [0.29, 0.717) is 10.6 Å². The van der Waals surface area contributed by atoms with Crippen LogP contribution >= 0.6 is 11.6 Å². The maximum atomic E-state index is 13.8. The highest BCUT2D eigenvalue weighted by Gasteiger charge is 2.12. The summed E-state index contributed by atoms with van der Waals surface area (Å²) in [7, 11) is 0. The van der Waals surface area contributed by atoms with E-state index in [-0.39, 0.29) is 30.9 Å². The second-order valence-corrected chi connectivity index (χ2v) is 6.10. The van der Waals surface area contributed by atoms with Crippen molar-refractivity contribution >= 4 is 29.3 Å². The molecule has 0 aliphatic heterocycles. The standard InChI is InChI=1S/C17H15ClFN5O3/c18-13-2-1-3-14(19)12(13)10-24-6-4-15(22-24)21-17(27)11-8-20-23(9-11)7-5-16(25)26/h1-4,6,8-9H,5,7,10H2,(H,25,26)(H,21,22,27). The van der Waals surface area contributed by atoms with Gasteiger partial charge < -0.3 is 10.4 Å². The molecule has 0 unspecified atom stereocenters. The molecule has 8 nitrogen and oxygen atoms in total. The molecule has 140 valence electrons. The minimum Gasteiger partial charge on any atom is -0.481 e. The third kappa shape index (κ3) is 4.70. The van der Waals surface area contributed by atoms with E-state index in [9.17, 15) is 14.0 Å². The molecule has 0 atom stereocenters. The first-order valence-electron chi connectivity index (χ1n) is 7.94. The first-order chi connectivity index (χ1) is 12.9. The van der Waals surface area contributed by atoms with Gasteiger partial charge in [-0.25, -0.2) is 4.39 Å². The summed E-state index contributed by atoms with van der Waals surface area (Å²) in [6, 6.07) is 6.00. The second kappa shape index (κ2) is 8.00. The fourth-order valence-electron chi connectivity index (χ4n) is 2.36. The Labute approximate surface area is 158 Å². The van der Waals surface area contributed by atoms with Crippen LogP contribution in [0.15, 0.2) is 42.9 Å². The summed E-state index contributed by atoms with van der Waals surface area (Å²) < 4.78 is 16.7. The molecular formula is C17H15ClFN5O3. The third-order valence-electron chi connectivity index (χ3n) is 3.71. The Bertz CT molecular complexity index is 964. The van der Waals surface area contributed by atoms with E-state index in [2.05, 4.69) is 15.5 Å². The number of halogens is 2. The van der Waals surface area contributed by atoms with Gasteiger partial charge in [-0.15, -0.1) is 0 Å². The number of aromatic nitrogens is 4. The number of carbonyl (C=O) groups is 2. The number of aryl methyl sites for hydroxylation is 1. The Morgan fingerprint density at radius 1 is 1.26 bits per heavy atom. The number of nitrogens with zero attached hydrogens (tertiary/aromatic N) is 4. The predicted molar refractivity (Wildman–Crippen MR) is 95.2 cm³/mol. The SMILES string of the molecule is O=C(O)CCn1cc(C(=O)Nc2ccn(Cc3c(F)cccc3Cl)n2)cn1. The van der Waals surface area contributed by atoms with Gasteiger partial charge in [-0.3, -0.25) is 19.0 Å². The largest absolute Gasteiger partial charge is 0.481 e. The van der Waals surface area contributed by atoms with Gasteiger partial charge in [0.2, 0.25) is 0 Å². The fourth-order valence-corrected chi connectivity index (χ4v) is 2.59. The molecule has 0 spiro atoms. The van der Waals surface area contributed by atoms with Crippen LogP contribution in [0.5, 0.6) is 0 Å². The van der Waals surface area contributed by atoms with Crippen molar-refractivity contribution in [2.45, 2.75) is 19.5 Å². The molecule has 0 aliphatic carbocycles. The Morgan fingerprint density at radius 3 is 2.81 bits per heavy atom. The van der Waals surface area contributed by atoms with Crippen molar-refractivity contribution < 1.29 is 19.1 Å². The minimum atomic E-state index is -0.947. The molecular weight excluding hydrogens is 377 g/mol. The van der Waals surface area contributed by atoms with Crippen LogP contribution in [0.2, 0.25) is 5.02 Å². The van der Waals surface area contributed by atoms with Crippen LogP contribution in [0.4, 0.5) is 10.2 Å². The van der Waals surface area contributed by atoms with Gasteiger partial charge in [0.25, 0.3) is 5.91 Å². The van der Waals surface area contributed by atoms with Gasteiger partial charge in [-0.1, -0.05) is 17.7 Å². The molecule has 3 rings (SSSR count). The maximum Gasteiger partial charge on any atom is 0.305 e. The first-order valence-corrected chi connectivity index (χ1v) is 8.32. The number of aliphatic carboxylic acids is 1. The number of carboxylic acids is 1. The van der Waals surface area contributed by atoms with Crippen molar-refractivity contribution in [2.24, 2.45) is 0 Å². The lowest BCUT2D eigenvalue weighted by atomic mass is 10.2. The summed E-state index contributed by atoms with van der Waals surface area (Å²) in [6.07, 6.45) is 4.29. The zero-order valence-corrected chi connectivity index (χ0v) is 14.7. The predicted octanol–water partition coefficient (Wildman–Crippen LogP) is 2.65. The monoisotopic (exact) mass is 391 g/mol. The van der Waals surface area contributed by atoms with Crippen molar-refractivity contribution in [2.75, 3.05) is 5.32 Å². The number of benzene rings is 1. The van der Waals surface area contributed by atoms with Gasteiger partial charge in [0, 0.05) is 29.0 Å². The van der Waals surface area contributed by atoms with Crippen LogP contribution in [-0.4, -0.2) is 36.5 Å². The highest BCUT2D eigenvalue weighted by Crippen LogP contribution is 2.20. The lowest BCUT2D eigenvalue weighted by Crippen LogP contribution is -2.12. The first kappa shape index (κ1) is 18.6. The van der Waals surface area contributed by atoms with E-state index >= 15 is 0 Å². The van der Waals surface area contributed by atoms with E-state index in [1.165, 1.54) is 33.9 Å². The van der Waals surface area contributed by atoms with Gasteiger partial charge >= 0.3 is 5.97 Å². The van der Waals surface area contributed by atoms with Gasteiger partial charge in [0.1, 0.15) is 5.82 Å². The Morgan fingerprint density at radius 2 is 2.07 bits per heavy atom. The zero-order chi connectivity index (χ0) is 19.4. The highest BCUT2D eigenvalue weighted by atomic mass is 35.5. The number of rotatable bonds is 7. The van der Waals surface area contributed by atoms with E-state index in [1.54, 1.807) is 18.3 Å². The quantitative estimate of drug-likeness (QED) is 0.644. The number of carbonyl (C=O) groups excluding carboxylic acids is 1. The van der Waals surface area contributed by atoms with Crippen LogP contribution in [-0.2, 0) is 17.9 Å². The number of nitrogens with one attached hydrogen (secondary N) is 1. The molecule has 0 saturated heterocycles. The average molecular weight is 392 g/mol. The van der Waals surface area contributed by atoms with Crippen molar-refractivity contribution in [1.29, 1.82) is 0 Å². The molecule has 1 amide bonds. The van der Waals surface area contributed by atoms with E-state index < -0.39 is 17.7 Å². The summed E-state index contributed by atoms with van der Waals surface area (Å²) in [6.45, 7) is 0.287. The molecule has 0 radical (unpaired) electrons. The van der Waals surface area contributed by atoms with E-state index in [1.807, 2.05) is 0 Å². The minimum absolute atomic E-state index is 0.0915. The smallest absolute Gasteiger partial charge is 0.305 e. The lowest BCUT2D eigenvalue weighted by molar-refractivity contribution is -0.137. The molecule has 2 heterocycles. The molecule has 27 heavy (non-hydrogen) atoms. The van der Waals surface area contributed by atoms with Crippen molar-refractivity contribution in [3.05, 3.63) is 64.8 Å². The number of anilines is 1. The maximum absolute atomic E-state index is 13.8. The normalized spacial score (nSPS) is 10.7. The van der Waals surface area contributed by atoms with Crippen molar-refractivity contribution in [3.63, 3.8) is 0 Å². The molecule has 3 aromatic rings. The van der Waals surface area contributed by atoms with E-state index in [0.717, 1.165) is 0 Å². The highest BCUT2D eigenvalue weighted by molar-refractivity contribution is 6.31. The Balaban J connectivity index is 1.63. The topological polar surface area (TPSA) is 102 Å². The van der Waals surface area contributed by atoms with Crippen LogP contribution in [0, 0.1) is 5.82 Å². The molecule has 1 aromatic carbocycles. The number of amides is 1. The van der Waals surface area contributed by atoms with Crippen LogP contribution < -0.4 is 5.32 Å². The Hall–Kier alpha value is -3.20. The van der Waals surface area contributed by atoms with Crippen LogP contribution in [0.25, 0.3) is 0 Å². The summed E-state index contributed by atoms with van der Waals surface area (Å²) in [5, 5.41) is 19.7. The van der Waals surface area contributed by atoms with Crippen LogP contribution in [0.3, 0.4) is 0 Å². The summed E-state index contributed by atoms with van der Waals surface area (Å²) in [4.78, 5) is 22.8. The average Bonchev–Trinajstić information content (AvgIpc) is 3.26. The van der Waals surface area contributed by atoms with Gasteiger partial charge in [0.05, 0.1) is 31.3 Å². The number of carboxylic acid groups (broad SMARTS) is 1. The fraction of sp³-hybridized carbons (Fsp3) is 0.176. The second-order valence-electron chi connectivity index (χ2n) is 5.69. The summed E-state index contributed by atoms with van der Waals surface area (Å²) >= 11 is 6.00. The van der Waals surface area contributed by atoms with Gasteiger partial charge in [-0.2, -0.15) is 10.2 Å². The summed E-state index contributed by atoms with van der Waals surface area (Å²) in [5.41, 5.74) is 0.576. The number of hydrogen-bond donors (Lipinski definition) is 2. The summed E-state index contributed by atoms with van der Waals surface area (Å²) in [5.74, 6) is -1.54. The molecule has 0 saturated carbocycles. The third-order valence-corrected chi connectivity index (χ3v) is 4.07.